The first kappa shape index (κ1) is 12.5. The first-order valence-electron chi connectivity index (χ1n) is 6.80. The van der Waals surface area contributed by atoms with Crippen LogP contribution in [0.3, 0.4) is 0 Å². The van der Waals surface area contributed by atoms with E-state index in [9.17, 15) is 0 Å². The molecule has 19 heavy (non-hydrogen) atoms. The van der Waals surface area contributed by atoms with Crippen LogP contribution < -0.4 is 5.73 Å². The highest BCUT2D eigenvalue weighted by atomic mass is 16.3. The van der Waals surface area contributed by atoms with E-state index < -0.39 is 0 Å². The molecule has 0 saturated carbocycles. The zero-order valence-electron chi connectivity index (χ0n) is 11.1. The second kappa shape index (κ2) is 5.19. The predicted molar refractivity (Wildman–Crippen MR) is 75.7 cm³/mol. The van der Waals surface area contributed by atoms with Crippen molar-refractivity contribution in [3.05, 3.63) is 60.1 Å². The number of nitrogens with two attached hydrogens (primary N) is 1. The molecule has 1 aliphatic heterocycles. The van der Waals surface area contributed by atoms with Gasteiger partial charge in [-0.2, -0.15) is 0 Å². The fraction of sp³-hybridized carbons (Fsp3) is 0.375. The van der Waals surface area contributed by atoms with Gasteiger partial charge in [0.15, 0.2) is 0 Å². The molecule has 0 radical (unpaired) electrons. The molecule has 0 aliphatic carbocycles. The van der Waals surface area contributed by atoms with Gasteiger partial charge in [0.05, 0.1) is 12.5 Å². The molecule has 1 unspecified atom stereocenters. The molecule has 1 fully saturated rings. The van der Waals surface area contributed by atoms with Crippen molar-refractivity contribution >= 4 is 0 Å². The van der Waals surface area contributed by atoms with E-state index in [0.29, 0.717) is 0 Å². The summed E-state index contributed by atoms with van der Waals surface area (Å²) in [6.07, 6.45) is 5.46. The van der Waals surface area contributed by atoms with E-state index in [1.807, 2.05) is 6.07 Å². The molecule has 2 N–H and O–H groups in total. The average Bonchev–Trinajstić information content (AvgIpc) is 3.02. The SMILES string of the molecule is NC1(Cc2ccoc2)CCN(Cc2ccccc2)C1. The third kappa shape index (κ3) is 3.06. The van der Waals surface area contributed by atoms with E-state index in [0.717, 1.165) is 32.5 Å². The van der Waals surface area contributed by atoms with Crippen LogP contribution in [-0.4, -0.2) is 23.5 Å². The molecule has 3 rings (SSSR count). The number of furan rings is 1. The van der Waals surface area contributed by atoms with E-state index in [4.69, 9.17) is 10.2 Å². The Morgan fingerprint density at radius 1 is 1.16 bits per heavy atom. The monoisotopic (exact) mass is 256 g/mol. The summed E-state index contributed by atoms with van der Waals surface area (Å²) in [5, 5.41) is 0. The minimum atomic E-state index is -0.112. The maximum absolute atomic E-state index is 6.51. The summed E-state index contributed by atoms with van der Waals surface area (Å²) in [5.41, 5.74) is 8.95. The van der Waals surface area contributed by atoms with Gasteiger partial charge in [-0.15, -0.1) is 0 Å². The minimum absolute atomic E-state index is 0.112. The molecule has 1 saturated heterocycles. The number of nitrogens with zero attached hydrogens (tertiary/aromatic N) is 1. The van der Waals surface area contributed by atoms with E-state index in [1.54, 1.807) is 12.5 Å². The van der Waals surface area contributed by atoms with Gasteiger partial charge < -0.3 is 10.2 Å². The highest BCUT2D eigenvalue weighted by Crippen LogP contribution is 2.24. The van der Waals surface area contributed by atoms with E-state index in [-0.39, 0.29) is 5.54 Å². The van der Waals surface area contributed by atoms with Gasteiger partial charge >= 0.3 is 0 Å². The van der Waals surface area contributed by atoms with Crippen molar-refractivity contribution in [1.29, 1.82) is 0 Å². The molecule has 2 heterocycles. The molecule has 2 aromatic rings. The van der Waals surface area contributed by atoms with Crippen molar-refractivity contribution in [1.82, 2.24) is 4.90 Å². The zero-order valence-corrected chi connectivity index (χ0v) is 11.1. The number of rotatable bonds is 4. The Kier molecular flexibility index (Phi) is 3.40. The molecular formula is C16H20N2O. The lowest BCUT2D eigenvalue weighted by Crippen LogP contribution is -2.44. The predicted octanol–water partition coefficient (Wildman–Crippen LogP) is 2.43. The van der Waals surface area contributed by atoms with Crippen LogP contribution in [0.5, 0.6) is 0 Å². The lowest BCUT2D eigenvalue weighted by Gasteiger charge is -2.24. The van der Waals surface area contributed by atoms with Crippen LogP contribution in [0.15, 0.2) is 53.3 Å². The third-order valence-electron chi connectivity index (χ3n) is 3.85. The van der Waals surface area contributed by atoms with Gasteiger partial charge in [-0.25, -0.2) is 0 Å². The standard InChI is InChI=1S/C16H20N2O/c17-16(10-15-6-9-19-12-15)7-8-18(13-16)11-14-4-2-1-3-5-14/h1-6,9,12H,7-8,10-11,13,17H2. The molecule has 0 bridgehead atoms. The highest BCUT2D eigenvalue weighted by molar-refractivity contribution is 5.16. The van der Waals surface area contributed by atoms with Crippen molar-refractivity contribution in [2.75, 3.05) is 13.1 Å². The summed E-state index contributed by atoms with van der Waals surface area (Å²) in [4.78, 5) is 2.44. The normalized spacial score (nSPS) is 23.8. The highest BCUT2D eigenvalue weighted by Gasteiger charge is 2.34. The molecule has 1 aliphatic rings. The Morgan fingerprint density at radius 2 is 2.00 bits per heavy atom. The zero-order chi connectivity index (χ0) is 13.1. The second-order valence-electron chi connectivity index (χ2n) is 5.62. The van der Waals surface area contributed by atoms with Crippen LogP contribution in [0.25, 0.3) is 0 Å². The quantitative estimate of drug-likeness (QED) is 0.913. The molecule has 0 amide bonds. The maximum atomic E-state index is 6.51. The van der Waals surface area contributed by atoms with Gasteiger partial charge in [-0.05, 0) is 30.0 Å². The van der Waals surface area contributed by atoms with E-state index >= 15 is 0 Å². The Morgan fingerprint density at radius 3 is 2.74 bits per heavy atom. The van der Waals surface area contributed by atoms with Crippen molar-refractivity contribution in [2.45, 2.75) is 24.9 Å². The minimum Gasteiger partial charge on any atom is -0.472 e. The van der Waals surface area contributed by atoms with Crippen LogP contribution in [0.2, 0.25) is 0 Å². The van der Waals surface area contributed by atoms with Crippen LogP contribution >= 0.6 is 0 Å². The Bertz CT molecular complexity index is 509. The van der Waals surface area contributed by atoms with E-state index in [1.165, 1.54) is 11.1 Å². The molecule has 1 aromatic carbocycles. The second-order valence-corrected chi connectivity index (χ2v) is 5.62. The van der Waals surface area contributed by atoms with Gasteiger partial charge in [-0.3, -0.25) is 4.90 Å². The smallest absolute Gasteiger partial charge is 0.0935 e. The van der Waals surface area contributed by atoms with Crippen molar-refractivity contribution < 1.29 is 4.42 Å². The van der Waals surface area contributed by atoms with Crippen molar-refractivity contribution in [3.8, 4) is 0 Å². The molecule has 0 spiro atoms. The number of hydrogen-bond acceptors (Lipinski definition) is 3. The molecule has 3 nitrogen and oxygen atoms in total. The van der Waals surface area contributed by atoms with Crippen LogP contribution in [0.1, 0.15) is 17.5 Å². The summed E-state index contributed by atoms with van der Waals surface area (Å²) in [6, 6.07) is 12.6. The molecule has 3 heteroatoms. The van der Waals surface area contributed by atoms with Gasteiger partial charge in [0, 0.05) is 25.2 Å². The van der Waals surface area contributed by atoms with Crippen molar-refractivity contribution in [2.24, 2.45) is 5.73 Å². The van der Waals surface area contributed by atoms with Crippen LogP contribution in [0.4, 0.5) is 0 Å². The number of likely N-dealkylation sites (tertiary alicyclic amines) is 1. The fourth-order valence-electron chi connectivity index (χ4n) is 2.90. The maximum Gasteiger partial charge on any atom is 0.0935 e. The summed E-state index contributed by atoms with van der Waals surface area (Å²) in [6.45, 7) is 3.02. The topological polar surface area (TPSA) is 42.4 Å². The summed E-state index contributed by atoms with van der Waals surface area (Å²) in [5.74, 6) is 0. The fourth-order valence-corrected chi connectivity index (χ4v) is 2.90. The van der Waals surface area contributed by atoms with Crippen LogP contribution in [-0.2, 0) is 13.0 Å². The Hall–Kier alpha value is -1.58. The van der Waals surface area contributed by atoms with Gasteiger partial charge in [0.2, 0.25) is 0 Å². The first-order valence-corrected chi connectivity index (χ1v) is 6.80. The Labute approximate surface area is 114 Å². The number of benzene rings is 1. The largest absolute Gasteiger partial charge is 0.472 e. The third-order valence-corrected chi connectivity index (χ3v) is 3.85. The van der Waals surface area contributed by atoms with Gasteiger partial charge in [0.1, 0.15) is 0 Å². The number of hydrogen-bond donors (Lipinski definition) is 1. The van der Waals surface area contributed by atoms with Gasteiger partial charge in [-0.1, -0.05) is 30.3 Å². The summed E-state index contributed by atoms with van der Waals surface area (Å²) in [7, 11) is 0. The lowest BCUT2D eigenvalue weighted by molar-refractivity contribution is 0.302. The van der Waals surface area contributed by atoms with Crippen LogP contribution in [0, 0.1) is 0 Å². The molecule has 1 aromatic heterocycles. The summed E-state index contributed by atoms with van der Waals surface area (Å²) < 4.78 is 5.12. The molecule has 1 atom stereocenters. The first-order chi connectivity index (χ1) is 9.23. The van der Waals surface area contributed by atoms with Crippen molar-refractivity contribution in [3.63, 3.8) is 0 Å². The summed E-state index contributed by atoms with van der Waals surface area (Å²) >= 11 is 0. The lowest BCUT2D eigenvalue weighted by atomic mass is 9.92. The van der Waals surface area contributed by atoms with Gasteiger partial charge in [0.25, 0.3) is 0 Å². The van der Waals surface area contributed by atoms with E-state index in [2.05, 4.69) is 35.2 Å². The average molecular weight is 256 g/mol. The Balaban J connectivity index is 1.60. The molecular weight excluding hydrogens is 236 g/mol. The molecule has 100 valence electrons.